The standard InChI is InChI=1S/C27H37FN2O4/c1-5-6-7-8-9-17-30(26(33)29-24-15-12-22(28)19-20(24)2)18-16-21-10-13-23(14-11-21)34-27(3,4)25(31)32/h10-15,19H,5-9,16-18H2,1-4H3,(H,29,33)(H,31,32). The van der Waals surface area contributed by atoms with Gasteiger partial charge < -0.3 is 20.1 Å². The molecule has 2 rings (SSSR count). The number of ether oxygens (including phenoxy) is 1. The molecule has 2 aromatic rings. The average Bonchev–Trinajstić information content (AvgIpc) is 2.78. The van der Waals surface area contributed by atoms with Crippen LogP contribution in [0.2, 0.25) is 0 Å². The number of carbonyl (C=O) groups is 2. The second-order valence-electron chi connectivity index (χ2n) is 9.10. The van der Waals surface area contributed by atoms with E-state index in [1.807, 2.05) is 12.1 Å². The van der Waals surface area contributed by atoms with Crippen molar-refractivity contribution in [2.24, 2.45) is 0 Å². The third-order valence-electron chi connectivity index (χ3n) is 5.73. The van der Waals surface area contributed by atoms with E-state index in [1.54, 1.807) is 30.0 Å². The van der Waals surface area contributed by atoms with E-state index >= 15 is 0 Å². The molecule has 0 aliphatic heterocycles. The fourth-order valence-electron chi connectivity index (χ4n) is 3.51. The number of aryl methyl sites for hydroxylation is 1. The van der Waals surface area contributed by atoms with E-state index < -0.39 is 11.6 Å². The molecule has 2 aromatic carbocycles. The number of halogens is 1. The molecule has 6 nitrogen and oxygen atoms in total. The van der Waals surface area contributed by atoms with Crippen molar-refractivity contribution in [3.8, 4) is 5.75 Å². The zero-order chi connectivity index (χ0) is 25.1. The van der Waals surface area contributed by atoms with Gasteiger partial charge in [-0.25, -0.2) is 14.0 Å². The summed E-state index contributed by atoms with van der Waals surface area (Å²) in [5.41, 5.74) is 0.982. The topological polar surface area (TPSA) is 78.9 Å². The van der Waals surface area contributed by atoms with Gasteiger partial charge in [-0.3, -0.25) is 0 Å². The minimum Gasteiger partial charge on any atom is -0.478 e. The van der Waals surface area contributed by atoms with Gasteiger partial charge >= 0.3 is 12.0 Å². The third-order valence-corrected chi connectivity index (χ3v) is 5.73. The van der Waals surface area contributed by atoms with Gasteiger partial charge in [0.2, 0.25) is 0 Å². The number of anilines is 1. The Morgan fingerprint density at radius 2 is 1.71 bits per heavy atom. The quantitative estimate of drug-likeness (QED) is 0.330. The van der Waals surface area contributed by atoms with Crippen LogP contribution >= 0.6 is 0 Å². The van der Waals surface area contributed by atoms with Crippen molar-refractivity contribution < 1.29 is 23.8 Å². The fourth-order valence-corrected chi connectivity index (χ4v) is 3.51. The number of rotatable bonds is 13. The highest BCUT2D eigenvalue weighted by Gasteiger charge is 2.29. The normalized spacial score (nSPS) is 11.2. The first kappa shape index (κ1) is 27.2. The Kier molecular flexibility index (Phi) is 10.4. The summed E-state index contributed by atoms with van der Waals surface area (Å²) in [6, 6.07) is 11.4. The Balaban J connectivity index is 2.01. The van der Waals surface area contributed by atoms with Crippen molar-refractivity contribution in [3.05, 3.63) is 59.4 Å². The lowest BCUT2D eigenvalue weighted by atomic mass is 10.1. The largest absolute Gasteiger partial charge is 0.478 e. The lowest BCUT2D eigenvalue weighted by Crippen LogP contribution is -2.38. The number of nitrogens with zero attached hydrogens (tertiary/aromatic N) is 1. The Bertz CT molecular complexity index is 944. The van der Waals surface area contributed by atoms with Crippen LogP contribution in [0, 0.1) is 12.7 Å². The molecule has 0 atom stereocenters. The van der Waals surface area contributed by atoms with Gasteiger partial charge in [0.05, 0.1) is 0 Å². The number of urea groups is 1. The molecule has 0 fully saturated rings. The summed E-state index contributed by atoms with van der Waals surface area (Å²) in [6.07, 6.45) is 6.14. The van der Waals surface area contributed by atoms with Crippen molar-refractivity contribution in [1.29, 1.82) is 0 Å². The maximum absolute atomic E-state index is 13.4. The number of aliphatic carboxylic acids is 1. The molecular weight excluding hydrogens is 435 g/mol. The Hall–Kier alpha value is -3.09. The van der Waals surface area contributed by atoms with Gasteiger partial charge in [-0.05, 0) is 75.1 Å². The first-order chi connectivity index (χ1) is 16.1. The second kappa shape index (κ2) is 13.0. The minimum absolute atomic E-state index is 0.201. The predicted molar refractivity (Wildman–Crippen MR) is 133 cm³/mol. The van der Waals surface area contributed by atoms with Crippen LogP contribution in [-0.2, 0) is 11.2 Å². The number of hydrogen-bond acceptors (Lipinski definition) is 3. The average molecular weight is 473 g/mol. The summed E-state index contributed by atoms with van der Waals surface area (Å²) in [6.45, 7) is 8.11. The van der Waals surface area contributed by atoms with E-state index in [0.717, 1.165) is 31.2 Å². The molecule has 0 aliphatic rings. The van der Waals surface area contributed by atoms with Gasteiger partial charge in [-0.2, -0.15) is 0 Å². The van der Waals surface area contributed by atoms with Crippen LogP contribution in [0.15, 0.2) is 42.5 Å². The number of carbonyl (C=O) groups excluding carboxylic acids is 1. The third kappa shape index (κ3) is 8.69. The van der Waals surface area contributed by atoms with Crippen LogP contribution in [-0.4, -0.2) is 40.7 Å². The number of nitrogens with one attached hydrogen (secondary N) is 1. The molecule has 34 heavy (non-hydrogen) atoms. The smallest absolute Gasteiger partial charge is 0.347 e. The number of amides is 2. The molecule has 2 N–H and O–H groups in total. The predicted octanol–water partition coefficient (Wildman–Crippen LogP) is 6.42. The fraction of sp³-hybridized carbons (Fsp3) is 0.481. The lowest BCUT2D eigenvalue weighted by Gasteiger charge is -2.24. The molecule has 0 aromatic heterocycles. The number of carboxylic acid groups (broad SMARTS) is 1. The molecule has 0 radical (unpaired) electrons. The van der Waals surface area contributed by atoms with Crippen molar-refractivity contribution in [2.75, 3.05) is 18.4 Å². The van der Waals surface area contributed by atoms with Gasteiger partial charge in [0.15, 0.2) is 5.60 Å². The van der Waals surface area contributed by atoms with Crippen molar-refractivity contribution in [2.45, 2.75) is 71.8 Å². The zero-order valence-corrected chi connectivity index (χ0v) is 20.7. The van der Waals surface area contributed by atoms with Crippen molar-refractivity contribution in [3.63, 3.8) is 0 Å². The summed E-state index contributed by atoms with van der Waals surface area (Å²) in [7, 11) is 0. The molecule has 0 bridgehead atoms. The van der Waals surface area contributed by atoms with Crippen LogP contribution in [0.4, 0.5) is 14.9 Å². The van der Waals surface area contributed by atoms with Crippen LogP contribution < -0.4 is 10.1 Å². The highest BCUT2D eigenvalue weighted by Crippen LogP contribution is 2.20. The van der Waals surface area contributed by atoms with Gasteiger partial charge in [0, 0.05) is 18.8 Å². The molecule has 0 saturated carbocycles. The maximum atomic E-state index is 13.4. The summed E-state index contributed by atoms with van der Waals surface area (Å²) < 4.78 is 19.0. The van der Waals surface area contributed by atoms with E-state index in [4.69, 9.17) is 4.74 Å². The SMILES string of the molecule is CCCCCCCN(CCc1ccc(OC(C)(C)C(=O)O)cc1)C(=O)Nc1ccc(F)cc1C. The van der Waals surface area contributed by atoms with Gasteiger partial charge in [-0.1, -0.05) is 44.7 Å². The number of unbranched alkanes of at least 4 members (excludes halogenated alkanes) is 4. The first-order valence-corrected chi connectivity index (χ1v) is 12.0. The van der Waals surface area contributed by atoms with E-state index in [1.165, 1.54) is 32.4 Å². The molecule has 186 valence electrons. The number of benzene rings is 2. The van der Waals surface area contributed by atoms with E-state index in [-0.39, 0.29) is 11.8 Å². The number of carboxylic acids is 1. The summed E-state index contributed by atoms with van der Waals surface area (Å²) in [5, 5.41) is 12.1. The molecular formula is C27H37FN2O4. The molecule has 0 heterocycles. The van der Waals surface area contributed by atoms with Gasteiger partial charge in [-0.15, -0.1) is 0 Å². The molecule has 2 amide bonds. The minimum atomic E-state index is -1.31. The lowest BCUT2D eigenvalue weighted by molar-refractivity contribution is -0.152. The van der Waals surface area contributed by atoms with Crippen LogP contribution in [0.5, 0.6) is 5.75 Å². The molecule has 7 heteroatoms. The molecule has 0 saturated heterocycles. The Labute approximate surface area is 202 Å². The highest BCUT2D eigenvalue weighted by atomic mass is 19.1. The van der Waals surface area contributed by atoms with Gasteiger partial charge in [0.1, 0.15) is 11.6 Å². The second-order valence-corrected chi connectivity index (χ2v) is 9.10. The van der Waals surface area contributed by atoms with Crippen LogP contribution in [0.25, 0.3) is 0 Å². The molecule has 0 spiro atoms. The highest BCUT2D eigenvalue weighted by molar-refractivity contribution is 5.90. The number of hydrogen-bond donors (Lipinski definition) is 2. The van der Waals surface area contributed by atoms with E-state index in [2.05, 4.69) is 12.2 Å². The van der Waals surface area contributed by atoms with Crippen molar-refractivity contribution >= 4 is 17.7 Å². The van der Waals surface area contributed by atoms with Crippen LogP contribution in [0.1, 0.15) is 64.0 Å². The monoisotopic (exact) mass is 472 g/mol. The van der Waals surface area contributed by atoms with E-state index in [9.17, 15) is 19.1 Å². The van der Waals surface area contributed by atoms with Crippen molar-refractivity contribution in [1.82, 2.24) is 4.90 Å². The molecule has 0 unspecified atom stereocenters. The van der Waals surface area contributed by atoms with Crippen LogP contribution in [0.3, 0.4) is 0 Å². The summed E-state index contributed by atoms with van der Waals surface area (Å²) in [5.74, 6) is -0.885. The first-order valence-electron chi connectivity index (χ1n) is 12.0. The Morgan fingerprint density at radius 3 is 2.32 bits per heavy atom. The zero-order valence-electron chi connectivity index (χ0n) is 20.7. The Morgan fingerprint density at radius 1 is 1.03 bits per heavy atom. The summed E-state index contributed by atoms with van der Waals surface area (Å²) in [4.78, 5) is 26.1. The molecule has 0 aliphatic carbocycles. The summed E-state index contributed by atoms with van der Waals surface area (Å²) >= 11 is 0. The maximum Gasteiger partial charge on any atom is 0.347 e. The van der Waals surface area contributed by atoms with E-state index in [0.29, 0.717) is 36.5 Å². The van der Waals surface area contributed by atoms with Gasteiger partial charge in [0.25, 0.3) is 0 Å².